The van der Waals surface area contributed by atoms with E-state index in [4.69, 9.17) is 5.11 Å². The van der Waals surface area contributed by atoms with Gasteiger partial charge in [0.2, 0.25) is 0 Å². The molecule has 0 saturated heterocycles. The van der Waals surface area contributed by atoms with Crippen LogP contribution in [0.1, 0.15) is 11.1 Å². The molecule has 4 nitrogen and oxygen atoms in total. The fraction of sp³-hybridized carbons (Fsp3) is 0.143. The van der Waals surface area contributed by atoms with Crippen LogP contribution >= 0.6 is 11.3 Å². The van der Waals surface area contributed by atoms with Gasteiger partial charge in [0, 0.05) is 0 Å². The topological polar surface area (TPSA) is 59.3 Å². The third kappa shape index (κ3) is 3.00. The van der Waals surface area contributed by atoms with Gasteiger partial charge in [0.05, 0.1) is 9.88 Å². The molecule has 0 aliphatic carbocycles. The highest BCUT2D eigenvalue weighted by Gasteiger charge is 2.06. The maximum Gasteiger partial charge on any atom is 0.323 e. The van der Waals surface area contributed by atoms with Crippen molar-refractivity contribution in [3.8, 4) is 0 Å². The Balaban J connectivity index is 2.52. The standard InChI is InChI=1S/C14H13NO3S/c1-9-3-5-11(6-4-9)7-12-10(2)15(8-13(16)17)14(18)19-12/h3-7H,2,8H2,1H3,(H,16,17)/b12-7-. The summed E-state index contributed by atoms with van der Waals surface area (Å²) in [7, 11) is 0. The molecular weight excluding hydrogens is 262 g/mol. The zero-order valence-corrected chi connectivity index (χ0v) is 11.2. The molecule has 1 aromatic heterocycles. The van der Waals surface area contributed by atoms with E-state index in [0.29, 0.717) is 9.88 Å². The zero-order valence-electron chi connectivity index (χ0n) is 10.4. The minimum Gasteiger partial charge on any atom is -0.480 e. The maximum atomic E-state index is 11.7. The second-order valence-electron chi connectivity index (χ2n) is 4.21. The smallest absolute Gasteiger partial charge is 0.323 e. The third-order valence-electron chi connectivity index (χ3n) is 2.70. The third-order valence-corrected chi connectivity index (χ3v) is 3.66. The Bertz CT molecular complexity index is 769. The van der Waals surface area contributed by atoms with Crippen LogP contribution in [0.15, 0.2) is 29.1 Å². The number of nitrogens with zero attached hydrogens (tertiary/aromatic N) is 1. The highest BCUT2D eigenvalue weighted by atomic mass is 32.1. The van der Waals surface area contributed by atoms with Gasteiger partial charge in [0.1, 0.15) is 6.54 Å². The molecule has 1 heterocycles. The second-order valence-corrected chi connectivity index (χ2v) is 5.21. The van der Waals surface area contributed by atoms with Crippen molar-refractivity contribution in [2.45, 2.75) is 13.5 Å². The molecule has 0 bridgehead atoms. The normalized spacial score (nSPS) is 11.7. The number of hydrogen-bond acceptors (Lipinski definition) is 3. The largest absolute Gasteiger partial charge is 0.480 e. The SMILES string of the molecule is C=c1/c(=C/c2ccc(C)cc2)sc(=O)n1CC(=O)O. The first-order valence-electron chi connectivity index (χ1n) is 5.66. The Morgan fingerprint density at radius 2 is 2.05 bits per heavy atom. The lowest BCUT2D eigenvalue weighted by Crippen LogP contribution is -2.33. The maximum absolute atomic E-state index is 11.7. The number of aromatic nitrogens is 1. The summed E-state index contributed by atoms with van der Waals surface area (Å²) >= 11 is 1.01. The van der Waals surface area contributed by atoms with E-state index in [9.17, 15) is 9.59 Å². The van der Waals surface area contributed by atoms with Crippen LogP contribution in [0.3, 0.4) is 0 Å². The van der Waals surface area contributed by atoms with Crippen LogP contribution in [-0.4, -0.2) is 15.6 Å². The van der Waals surface area contributed by atoms with Crippen LogP contribution in [0.2, 0.25) is 0 Å². The van der Waals surface area contributed by atoms with Crippen molar-refractivity contribution >= 4 is 30.0 Å². The molecule has 2 aromatic rings. The molecule has 1 aromatic carbocycles. The molecule has 1 N–H and O–H groups in total. The van der Waals surface area contributed by atoms with Gasteiger partial charge in [-0.25, -0.2) is 0 Å². The molecule has 0 fully saturated rings. The summed E-state index contributed by atoms with van der Waals surface area (Å²) in [4.78, 5) is 22.1. The van der Waals surface area contributed by atoms with Crippen LogP contribution in [0, 0.1) is 6.92 Å². The Morgan fingerprint density at radius 3 is 2.63 bits per heavy atom. The number of aryl methyl sites for hydroxylation is 1. The summed E-state index contributed by atoms with van der Waals surface area (Å²) in [5, 5.41) is 9.19. The minimum atomic E-state index is -1.05. The predicted octanol–water partition coefficient (Wildman–Crippen LogP) is 0.542. The summed E-state index contributed by atoms with van der Waals surface area (Å²) in [6, 6.07) is 7.85. The van der Waals surface area contributed by atoms with E-state index in [1.165, 1.54) is 4.57 Å². The van der Waals surface area contributed by atoms with Gasteiger partial charge >= 0.3 is 10.8 Å². The highest BCUT2D eigenvalue weighted by molar-refractivity contribution is 7.07. The number of aliphatic carboxylic acids is 1. The van der Waals surface area contributed by atoms with E-state index in [2.05, 4.69) is 6.58 Å². The highest BCUT2D eigenvalue weighted by Crippen LogP contribution is 2.03. The van der Waals surface area contributed by atoms with Crippen LogP contribution in [0.25, 0.3) is 12.7 Å². The number of rotatable bonds is 3. The summed E-state index contributed by atoms with van der Waals surface area (Å²) in [5.41, 5.74) is 2.11. The van der Waals surface area contributed by atoms with Gasteiger partial charge in [0.15, 0.2) is 0 Å². The first-order chi connectivity index (χ1) is 8.97. The molecule has 0 aliphatic rings. The molecule has 19 heavy (non-hydrogen) atoms. The van der Waals surface area contributed by atoms with E-state index in [1.807, 2.05) is 37.3 Å². The van der Waals surface area contributed by atoms with Gasteiger partial charge in [-0.05, 0) is 18.6 Å². The Hall–Kier alpha value is -2.14. The summed E-state index contributed by atoms with van der Waals surface area (Å²) < 4.78 is 1.86. The zero-order chi connectivity index (χ0) is 14.0. The van der Waals surface area contributed by atoms with Gasteiger partial charge in [0.25, 0.3) is 0 Å². The van der Waals surface area contributed by atoms with Crippen molar-refractivity contribution in [2.75, 3.05) is 0 Å². The number of thiazole rings is 1. The molecule has 98 valence electrons. The first kappa shape index (κ1) is 13.3. The first-order valence-corrected chi connectivity index (χ1v) is 6.48. The lowest BCUT2D eigenvalue weighted by Gasteiger charge is -1.95. The Kier molecular flexibility index (Phi) is 3.66. The van der Waals surface area contributed by atoms with Crippen molar-refractivity contribution in [2.24, 2.45) is 0 Å². The number of carboxylic acids is 1. The Morgan fingerprint density at radius 1 is 1.42 bits per heavy atom. The van der Waals surface area contributed by atoms with Crippen molar-refractivity contribution in [1.82, 2.24) is 4.57 Å². The number of carboxylic acid groups (broad SMARTS) is 1. The van der Waals surface area contributed by atoms with Gasteiger partial charge in [-0.15, -0.1) is 0 Å². The van der Waals surface area contributed by atoms with Gasteiger partial charge in [-0.2, -0.15) is 0 Å². The van der Waals surface area contributed by atoms with E-state index in [0.717, 1.165) is 22.5 Å². The van der Waals surface area contributed by atoms with Gasteiger partial charge in [-0.3, -0.25) is 14.2 Å². The Labute approximate surface area is 113 Å². The number of benzene rings is 1. The average Bonchev–Trinajstić information content (AvgIpc) is 2.60. The summed E-state index contributed by atoms with van der Waals surface area (Å²) in [5.74, 6) is -1.05. The molecule has 0 radical (unpaired) electrons. The number of carbonyl (C=O) groups is 1. The average molecular weight is 275 g/mol. The molecule has 0 saturated carbocycles. The number of hydrogen-bond donors (Lipinski definition) is 1. The fourth-order valence-electron chi connectivity index (χ4n) is 1.67. The molecule has 0 aliphatic heterocycles. The van der Waals surface area contributed by atoms with Crippen LogP contribution in [0.4, 0.5) is 0 Å². The van der Waals surface area contributed by atoms with E-state index in [1.54, 1.807) is 0 Å². The monoisotopic (exact) mass is 275 g/mol. The molecule has 5 heteroatoms. The molecule has 0 spiro atoms. The van der Waals surface area contributed by atoms with E-state index in [-0.39, 0.29) is 11.4 Å². The molecule has 0 amide bonds. The minimum absolute atomic E-state index is 0.300. The van der Waals surface area contributed by atoms with Gasteiger partial charge < -0.3 is 5.11 Å². The van der Waals surface area contributed by atoms with Crippen LogP contribution in [-0.2, 0) is 11.3 Å². The molecule has 0 atom stereocenters. The summed E-state index contributed by atoms with van der Waals surface area (Å²) in [6.07, 6.45) is 1.84. The summed E-state index contributed by atoms with van der Waals surface area (Å²) in [6.45, 7) is 5.43. The predicted molar refractivity (Wildman–Crippen MR) is 75.7 cm³/mol. The quantitative estimate of drug-likeness (QED) is 0.889. The van der Waals surface area contributed by atoms with E-state index >= 15 is 0 Å². The van der Waals surface area contributed by atoms with Crippen LogP contribution in [0.5, 0.6) is 0 Å². The van der Waals surface area contributed by atoms with Crippen LogP contribution < -0.4 is 14.8 Å². The van der Waals surface area contributed by atoms with Crippen molar-refractivity contribution in [3.63, 3.8) is 0 Å². The fourth-order valence-corrected chi connectivity index (χ4v) is 2.57. The van der Waals surface area contributed by atoms with Crippen molar-refractivity contribution in [1.29, 1.82) is 0 Å². The van der Waals surface area contributed by atoms with Crippen molar-refractivity contribution in [3.05, 3.63) is 54.9 Å². The second kappa shape index (κ2) is 5.24. The molecule has 2 rings (SSSR count). The van der Waals surface area contributed by atoms with Gasteiger partial charge in [-0.1, -0.05) is 47.7 Å². The molecule has 0 unspecified atom stereocenters. The lowest BCUT2D eigenvalue weighted by atomic mass is 10.1. The van der Waals surface area contributed by atoms with E-state index < -0.39 is 5.97 Å². The van der Waals surface area contributed by atoms with Crippen molar-refractivity contribution < 1.29 is 9.90 Å². The molecular formula is C14H13NO3S. The lowest BCUT2D eigenvalue weighted by molar-refractivity contribution is -0.137.